The van der Waals surface area contributed by atoms with Gasteiger partial charge in [-0.2, -0.15) is 0 Å². The van der Waals surface area contributed by atoms with Crippen LogP contribution in [0.3, 0.4) is 0 Å². The summed E-state index contributed by atoms with van der Waals surface area (Å²) in [5, 5.41) is -0.998. The average Bonchev–Trinajstić information content (AvgIpc) is 2.70. The van der Waals surface area contributed by atoms with Gasteiger partial charge in [0, 0.05) is 35.3 Å². The molecule has 8 heteroatoms. The molecule has 1 amide bonds. The fourth-order valence-electron chi connectivity index (χ4n) is 2.27. The molecule has 1 heterocycles. The molecule has 0 spiro atoms. The number of hydrogen-bond donors (Lipinski definition) is 0. The summed E-state index contributed by atoms with van der Waals surface area (Å²) >= 11 is 0. The lowest BCUT2D eigenvalue weighted by molar-refractivity contribution is -0.129. The topological polar surface area (TPSA) is 54.5 Å². The zero-order valence-corrected chi connectivity index (χ0v) is 12.1. The molecule has 1 aliphatic heterocycles. The van der Waals surface area contributed by atoms with E-state index >= 15 is 0 Å². The van der Waals surface area contributed by atoms with Gasteiger partial charge in [0.25, 0.3) is 0 Å². The van der Waals surface area contributed by atoms with E-state index in [9.17, 15) is 22.0 Å². The zero-order chi connectivity index (χ0) is 15.1. The highest BCUT2D eigenvalue weighted by Crippen LogP contribution is 2.30. The molecule has 110 valence electrons. The van der Waals surface area contributed by atoms with Gasteiger partial charge in [0.1, 0.15) is 16.9 Å². The highest BCUT2D eigenvalue weighted by molar-refractivity contribution is 8.14. The standard InChI is InChI=1S/C12H12ClF2NO3S/c1-7(10-3-2-8(14)4-11(10)15)16-6-9(5-12(16)17)20(13,18)19/h2-4,7,9H,5-6H2,1H3. The van der Waals surface area contributed by atoms with Gasteiger partial charge in [-0.15, -0.1) is 0 Å². The van der Waals surface area contributed by atoms with E-state index in [0.717, 1.165) is 12.1 Å². The van der Waals surface area contributed by atoms with E-state index in [2.05, 4.69) is 0 Å². The lowest BCUT2D eigenvalue weighted by Gasteiger charge is -2.25. The summed E-state index contributed by atoms with van der Waals surface area (Å²) in [4.78, 5) is 13.1. The Morgan fingerprint density at radius 3 is 2.55 bits per heavy atom. The Bertz CT molecular complexity index is 650. The Morgan fingerprint density at radius 2 is 2.05 bits per heavy atom. The normalized spacial score (nSPS) is 21.3. The number of halogens is 3. The van der Waals surface area contributed by atoms with Crippen molar-refractivity contribution < 1.29 is 22.0 Å². The number of carbonyl (C=O) groups is 1. The third-order valence-corrected chi connectivity index (χ3v) is 5.27. The van der Waals surface area contributed by atoms with Crippen LogP contribution in [0.25, 0.3) is 0 Å². The minimum absolute atomic E-state index is 0.0946. The molecule has 0 aromatic heterocycles. The summed E-state index contributed by atoms with van der Waals surface area (Å²) < 4.78 is 49.1. The maximum absolute atomic E-state index is 13.7. The van der Waals surface area contributed by atoms with Gasteiger partial charge in [0.15, 0.2) is 0 Å². The predicted octanol–water partition coefficient (Wildman–Crippen LogP) is 2.20. The van der Waals surface area contributed by atoms with E-state index in [4.69, 9.17) is 10.7 Å². The molecule has 20 heavy (non-hydrogen) atoms. The monoisotopic (exact) mass is 323 g/mol. The quantitative estimate of drug-likeness (QED) is 0.801. The Hall–Kier alpha value is -1.21. The van der Waals surface area contributed by atoms with Crippen molar-refractivity contribution in [2.45, 2.75) is 24.6 Å². The highest BCUT2D eigenvalue weighted by atomic mass is 35.7. The summed E-state index contributed by atoms with van der Waals surface area (Å²) in [6.45, 7) is 1.46. The van der Waals surface area contributed by atoms with E-state index in [1.807, 2.05) is 0 Å². The van der Waals surface area contributed by atoms with Crippen LogP contribution in [0.2, 0.25) is 0 Å². The van der Waals surface area contributed by atoms with Gasteiger partial charge < -0.3 is 4.90 Å². The molecule has 1 fully saturated rings. The fraction of sp³-hybridized carbons (Fsp3) is 0.417. The van der Waals surface area contributed by atoms with Crippen LogP contribution < -0.4 is 0 Å². The van der Waals surface area contributed by atoms with Crippen molar-refractivity contribution in [1.82, 2.24) is 4.90 Å². The van der Waals surface area contributed by atoms with Crippen molar-refractivity contribution in [1.29, 1.82) is 0 Å². The number of nitrogens with zero attached hydrogens (tertiary/aromatic N) is 1. The Balaban J connectivity index is 2.26. The number of carbonyl (C=O) groups excluding carboxylic acids is 1. The summed E-state index contributed by atoms with van der Waals surface area (Å²) in [5.74, 6) is -1.91. The number of benzene rings is 1. The summed E-state index contributed by atoms with van der Waals surface area (Å²) in [6.07, 6.45) is -0.223. The molecule has 1 aromatic rings. The summed E-state index contributed by atoms with van der Waals surface area (Å²) in [5.41, 5.74) is 0.132. The highest BCUT2D eigenvalue weighted by Gasteiger charge is 2.39. The first-order valence-corrected chi connectivity index (χ1v) is 8.25. The van der Waals surface area contributed by atoms with Crippen LogP contribution in [0.15, 0.2) is 18.2 Å². The molecular weight excluding hydrogens is 312 g/mol. The largest absolute Gasteiger partial charge is 0.334 e. The van der Waals surface area contributed by atoms with Crippen LogP contribution in [-0.2, 0) is 13.8 Å². The molecule has 1 saturated heterocycles. The van der Waals surface area contributed by atoms with Crippen LogP contribution in [0, 0.1) is 11.6 Å². The maximum atomic E-state index is 13.7. The van der Waals surface area contributed by atoms with Crippen molar-refractivity contribution in [2.24, 2.45) is 0 Å². The van der Waals surface area contributed by atoms with E-state index in [0.29, 0.717) is 0 Å². The Morgan fingerprint density at radius 1 is 1.40 bits per heavy atom. The second kappa shape index (κ2) is 5.29. The Kier molecular flexibility index (Phi) is 4.02. The minimum Gasteiger partial charge on any atom is -0.334 e. The third-order valence-electron chi connectivity index (χ3n) is 3.40. The minimum atomic E-state index is -3.84. The molecule has 1 aliphatic rings. The van der Waals surface area contributed by atoms with Crippen LogP contribution in [0.4, 0.5) is 8.78 Å². The average molecular weight is 324 g/mol. The van der Waals surface area contributed by atoms with E-state index in [-0.39, 0.29) is 18.5 Å². The molecule has 4 nitrogen and oxygen atoms in total. The van der Waals surface area contributed by atoms with Crippen molar-refractivity contribution in [3.8, 4) is 0 Å². The maximum Gasteiger partial charge on any atom is 0.237 e. The number of likely N-dealkylation sites (tertiary alicyclic amines) is 1. The smallest absolute Gasteiger partial charge is 0.237 e. The van der Waals surface area contributed by atoms with Gasteiger partial charge in [-0.1, -0.05) is 6.07 Å². The first-order chi connectivity index (χ1) is 9.20. The predicted molar refractivity (Wildman–Crippen MR) is 69.7 cm³/mol. The number of hydrogen-bond acceptors (Lipinski definition) is 3. The van der Waals surface area contributed by atoms with Gasteiger partial charge in [0.05, 0.1) is 6.04 Å². The lowest BCUT2D eigenvalue weighted by Crippen LogP contribution is -2.30. The van der Waals surface area contributed by atoms with E-state index in [1.165, 1.54) is 11.0 Å². The zero-order valence-electron chi connectivity index (χ0n) is 10.5. The van der Waals surface area contributed by atoms with Crippen LogP contribution in [0.5, 0.6) is 0 Å². The third kappa shape index (κ3) is 2.93. The molecule has 1 aromatic carbocycles. The second-order valence-electron chi connectivity index (χ2n) is 4.69. The van der Waals surface area contributed by atoms with Crippen molar-refractivity contribution in [2.75, 3.05) is 6.54 Å². The molecule has 0 N–H and O–H groups in total. The van der Waals surface area contributed by atoms with Gasteiger partial charge >= 0.3 is 0 Å². The van der Waals surface area contributed by atoms with Gasteiger partial charge in [-0.25, -0.2) is 17.2 Å². The molecule has 2 atom stereocenters. The van der Waals surface area contributed by atoms with Crippen LogP contribution in [-0.4, -0.2) is 31.0 Å². The molecular formula is C12H12ClF2NO3S. The second-order valence-corrected chi connectivity index (χ2v) is 7.60. The van der Waals surface area contributed by atoms with E-state index in [1.54, 1.807) is 6.92 Å². The van der Waals surface area contributed by atoms with Gasteiger partial charge in [0.2, 0.25) is 15.0 Å². The molecule has 0 bridgehead atoms. The first kappa shape index (κ1) is 15.2. The molecule has 0 radical (unpaired) electrons. The lowest BCUT2D eigenvalue weighted by atomic mass is 10.1. The van der Waals surface area contributed by atoms with Crippen molar-refractivity contribution >= 4 is 25.6 Å². The van der Waals surface area contributed by atoms with Crippen LogP contribution in [0.1, 0.15) is 24.9 Å². The van der Waals surface area contributed by atoms with E-state index < -0.39 is 37.9 Å². The molecule has 0 aliphatic carbocycles. The number of amides is 1. The van der Waals surface area contributed by atoms with Crippen LogP contribution >= 0.6 is 10.7 Å². The van der Waals surface area contributed by atoms with Crippen molar-refractivity contribution in [3.63, 3.8) is 0 Å². The fourth-order valence-corrected chi connectivity index (χ4v) is 3.31. The van der Waals surface area contributed by atoms with Gasteiger partial charge in [-0.3, -0.25) is 4.79 Å². The van der Waals surface area contributed by atoms with Gasteiger partial charge in [-0.05, 0) is 13.0 Å². The Labute approximate surface area is 119 Å². The SMILES string of the molecule is CC(c1ccc(F)cc1F)N1CC(S(=O)(=O)Cl)CC1=O. The molecule has 2 rings (SSSR count). The van der Waals surface area contributed by atoms with Crippen molar-refractivity contribution in [3.05, 3.63) is 35.4 Å². The first-order valence-electron chi connectivity index (χ1n) is 5.88. The molecule has 2 unspecified atom stereocenters. The molecule has 0 saturated carbocycles. The summed E-state index contributed by atoms with van der Waals surface area (Å²) in [7, 11) is 1.40. The summed E-state index contributed by atoms with van der Waals surface area (Å²) in [6, 6.07) is 2.37. The number of rotatable bonds is 3.